The van der Waals surface area contributed by atoms with Gasteiger partial charge < -0.3 is 10.2 Å². The first kappa shape index (κ1) is 19.5. The van der Waals surface area contributed by atoms with Crippen LogP contribution >= 0.6 is 0 Å². The number of pyridine rings is 1. The Morgan fingerprint density at radius 2 is 2.20 bits per heavy atom. The predicted molar refractivity (Wildman–Crippen MR) is 114 cm³/mol. The van der Waals surface area contributed by atoms with Gasteiger partial charge in [-0.1, -0.05) is 18.6 Å². The van der Waals surface area contributed by atoms with Gasteiger partial charge in [-0.3, -0.25) is 4.79 Å². The number of terminal acetylenes is 1. The molecule has 7 heteroatoms. The Hall–Kier alpha value is -3.79. The number of likely N-dealkylation sites (tertiary alicyclic amines) is 1. The molecule has 1 fully saturated rings. The van der Waals surface area contributed by atoms with Crippen LogP contribution < -0.4 is 5.32 Å². The second-order valence-corrected chi connectivity index (χ2v) is 7.16. The normalized spacial score (nSPS) is 16.1. The number of aromatic nitrogens is 3. The van der Waals surface area contributed by atoms with Crippen LogP contribution in [0.3, 0.4) is 0 Å². The van der Waals surface area contributed by atoms with Crippen molar-refractivity contribution in [3.05, 3.63) is 66.5 Å². The Morgan fingerprint density at radius 1 is 1.33 bits per heavy atom. The fourth-order valence-corrected chi connectivity index (χ4v) is 3.75. The topological polar surface area (TPSA) is 71.0 Å². The lowest BCUT2D eigenvalue weighted by Crippen LogP contribution is -2.38. The van der Waals surface area contributed by atoms with E-state index in [0.29, 0.717) is 17.9 Å². The third-order valence-corrected chi connectivity index (χ3v) is 5.30. The van der Waals surface area contributed by atoms with Crippen molar-refractivity contribution in [2.24, 2.45) is 0 Å². The van der Waals surface area contributed by atoms with E-state index in [4.69, 9.17) is 6.42 Å². The van der Waals surface area contributed by atoms with Gasteiger partial charge in [0.2, 0.25) is 11.9 Å². The van der Waals surface area contributed by atoms with Crippen molar-refractivity contribution >= 4 is 28.3 Å². The number of hydrogen-bond donors (Lipinski definition) is 1. The molecule has 3 aromatic rings. The number of amides is 1. The summed E-state index contributed by atoms with van der Waals surface area (Å²) in [5, 5.41) is 3.75. The number of carbonyl (C=O) groups excluding carboxylic acids is 1. The summed E-state index contributed by atoms with van der Waals surface area (Å²) >= 11 is 0. The molecule has 0 spiro atoms. The van der Waals surface area contributed by atoms with Crippen molar-refractivity contribution in [1.82, 2.24) is 19.9 Å². The van der Waals surface area contributed by atoms with E-state index in [0.717, 1.165) is 35.9 Å². The molecule has 1 aliphatic heterocycles. The number of fused-ring (bicyclic) bond motifs is 1. The summed E-state index contributed by atoms with van der Waals surface area (Å²) in [6, 6.07) is 7.45. The molecule has 1 amide bonds. The molecule has 0 aliphatic carbocycles. The van der Waals surface area contributed by atoms with E-state index in [2.05, 4.69) is 32.8 Å². The molecule has 1 aromatic carbocycles. The number of carbonyl (C=O) groups is 1. The fourth-order valence-electron chi connectivity index (χ4n) is 3.75. The molecule has 1 saturated heterocycles. The Balaban J connectivity index is 1.69. The van der Waals surface area contributed by atoms with Gasteiger partial charge in [-0.15, -0.1) is 6.42 Å². The molecule has 0 radical (unpaired) electrons. The van der Waals surface area contributed by atoms with Crippen LogP contribution in [0.2, 0.25) is 0 Å². The number of halogens is 1. The van der Waals surface area contributed by atoms with Gasteiger partial charge in [0.1, 0.15) is 12.1 Å². The third kappa shape index (κ3) is 3.85. The second-order valence-electron chi connectivity index (χ2n) is 7.16. The van der Waals surface area contributed by atoms with E-state index in [1.807, 2.05) is 23.1 Å². The average Bonchev–Trinajstić information content (AvgIpc) is 2.80. The van der Waals surface area contributed by atoms with Crippen LogP contribution in [-0.2, 0) is 4.79 Å². The highest BCUT2D eigenvalue weighted by atomic mass is 19.1. The lowest BCUT2D eigenvalue weighted by molar-refractivity contribution is -0.127. The molecule has 30 heavy (non-hydrogen) atoms. The maximum Gasteiger partial charge on any atom is 0.245 e. The van der Waals surface area contributed by atoms with Crippen molar-refractivity contribution in [1.29, 1.82) is 0 Å². The molecule has 4 rings (SSSR count). The molecule has 2 aromatic heterocycles. The summed E-state index contributed by atoms with van der Waals surface area (Å²) in [7, 11) is 0. The Kier molecular flexibility index (Phi) is 5.40. The van der Waals surface area contributed by atoms with Gasteiger partial charge in [0.15, 0.2) is 0 Å². The van der Waals surface area contributed by atoms with Gasteiger partial charge in [0.05, 0.1) is 11.2 Å². The van der Waals surface area contributed by atoms with Gasteiger partial charge in [0, 0.05) is 36.2 Å². The van der Waals surface area contributed by atoms with Crippen LogP contribution in [-0.4, -0.2) is 38.8 Å². The molecular formula is C23H20FN5O. The molecule has 1 N–H and O–H groups in total. The number of piperidine rings is 1. The Morgan fingerprint density at radius 3 is 3.00 bits per heavy atom. The Labute approximate surface area is 173 Å². The van der Waals surface area contributed by atoms with Crippen molar-refractivity contribution in [2.45, 2.75) is 18.8 Å². The summed E-state index contributed by atoms with van der Waals surface area (Å²) in [6.07, 6.45) is 11.4. The quantitative estimate of drug-likeness (QED) is 0.409. The number of nitrogens with zero attached hydrogens (tertiary/aromatic N) is 4. The minimum atomic E-state index is -0.664. The van der Waals surface area contributed by atoms with Crippen LogP contribution in [0.15, 0.2) is 49.4 Å². The van der Waals surface area contributed by atoms with Gasteiger partial charge in [-0.25, -0.2) is 15.0 Å². The molecule has 150 valence electrons. The highest BCUT2D eigenvalue weighted by molar-refractivity contribution is 5.91. The van der Waals surface area contributed by atoms with Crippen molar-refractivity contribution in [3.63, 3.8) is 0 Å². The fraction of sp³-hybridized carbons (Fsp3) is 0.217. The molecule has 6 nitrogen and oxygen atoms in total. The molecule has 0 saturated carbocycles. The predicted octanol–water partition coefficient (Wildman–Crippen LogP) is 3.78. The monoisotopic (exact) mass is 401 g/mol. The van der Waals surface area contributed by atoms with E-state index >= 15 is 0 Å². The zero-order valence-corrected chi connectivity index (χ0v) is 16.3. The first-order valence-electron chi connectivity index (χ1n) is 9.64. The van der Waals surface area contributed by atoms with Crippen LogP contribution in [0.4, 0.5) is 15.9 Å². The third-order valence-electron chi connectivity index (χ3n) is 5.30. The molecule has 0 unspecified atom stereocenters. The van der Waals surface area contributed by atoms with Gasteiger partial charge in [0.25, 0.3) is 0 Å². The maximum absolute atomic E-state index is 14.2. The standard InChI is InChI=1S/C23H20FN5O/c1-3-15-10-20(22(24)25-12-15)28-23-18-11-16(7-8-19(18)26-14-27-23)17-6-5-9-29(13-17)21(30)4-2/h1,4,7-8,10-12,14,17H,2,5-6,9,13H2,(H,26,27,28)/t17-/m1/s1. The van der Waals surface area contributed by atoms with E-state index < -0.39 is 5.95 Å². The lowest BCUT2D eigenvalue weighted by Gasteiger charge is -2.32. The molecular weight excluding hydrogens is 381 g/mol. The highest BCUT2D eigenvalue weighted by Crippen LogP contribution is 2.31. The van der Waals surface area contributed by atoms with Crippen LogP contribution in [0.5, 0.6) is 0 Å². The minimum Gasteiger partial charge on any atom is -0.339 e. The zero-order chi connectivity index (χ0) is 21.1. The zero-order valence-electron chi connectivity index (χ0n) is 16.3. The van der Waals surface area contributed by atoms with E-state index in [1.54, 1.807) is 0 Å². The van der Waals surface area contributed by atoms with Crippen molar-refractivity contribution < 1.29 is 9.18 Å². The summed E-state index contributed by atoms with van der Waals surface area (Å²) in [6.45, 7) is 4.95. The minimum absolute atomic E-state index is 0.0532. The van der Waals surface area contributed by atoms with E-state index in [-0.39, 0.29) is 17.5 Å². The first-order valence-corrected chi connectivity index (χ1v) is 9.64. The van der Waals surface area contributed by atoms with Gasteiger partial charge in [-0.2, -0.15) is 4.39 Å². The van der Waals surface area contributed by atoms with Gasteiger partial charge >= 0.3 is 0 Å². The van der Waals surface area contributed by atoms with Crippen LogP contribution in [0.25, 0.3) is 10.9 Å². The Bertz CT molecular complexity index is 1170. The number of rotatable bonds is 4. The van der Waals surface area contributed by atoms with Gasteiger partial charge in [-0.05, 0) is 42.7 Å². The molecule has 1 aliphatic rings. The average molecular weight is 401 g/mol. The highest BCUT2D eigenvalue weighted by Gasteiger charge is 2.24. The van der Waals surface area contributed by atoms with E-state index in [1.165, 1.54) is 24.7 Å². The number of benzene rings is 1. The number of hydrogen-bond acceptors (Lipinski definition) is 5. The molecule has 3 heterocycles. The van der Waals surface area contributed by atoms with Crippen LogP contribution in [0.1, 0.15) is 29.9 Å². The summed E-state index contributed by atoms with van der Waals surface area (Å²) in [5.41, 5.74) is 2.42. The largest absolute Gasteiger partial charge is 0.339 e. The molecule has 1 atom stereocenters. The first-order chi connectivity index (χ1) is 14.6. The smallest absolute Gasteiger partial charge is 0.245 e. The summed E-state index contributed by atoms with van der Waals surface area (Å²) < 4.78 is 14.2. The lowest BCUT2D eigenvalue weighted by atomic mass is 9.90. The SMILES string of the molecule is C#Cc1cnc(F)c(Nc2ncnc3ccc([C@@H]4CCCN(C(=O)C=C)C4)cc23)c1. The van der Waals surface area contributed by atoms with E-state index in [9.17, 15) is 9.18 Å². The second kappa shape index (κ2) is 8.29. The summed E-state index contributed by atoms with van der Waals surface area (Å²) in [4.78, 5) is 26.1. The van der Waals surface area contributed by atoms with Crippen molar-refractivity contribution in [3.8, 4) is 12.3 Å². The molecule has 0 bridgehead atoms. The maximum atomic E-state index is 14.2. The van der Waals surface area contributed by atoms with Crippen LogP contribution in [0, 0.1) is 18.3 Å². The number of anilines is 2. The summed E-state index contributed by atoms with van der Waals surface area (Å²) in [5.74, 6) is 2.39. The number of nitrogens with one attached hydrogen (secondary N) is 1. The van der Waals surface area contributed by atoms with Crippen molar-refractivity contribution in [2.75, 3.05) is 18.4 Å².